The van der Waals surface area contributed by atoms with Crippen LogP contribution in [-0.2, 0) is 0 Å². The molecule has 4 rings (SSSR count). The van der Waals surface area contributed by atoms with Gasteiger partial charge in [-0.15, -0.1) is 0 Å². The summed E-state index contributed by atoms with van der Waals surface area (Å²) in [5, 5.41) is 11.3. The summed E-state index contributed by atoms with van der Waals surface area (Å²) in [6.07, 6.45) is 8.01. The molecule has 104 valence electrons. The Morgan fingerprint density at radius 3 is 2.81 bits per heavy atom. The van der Waals surface area contributed by atoms with Gasteiger partial charge in [0.25, 0.3) is 0 Å². The van der Waals surface area contributed by atoms with E-state index in [1.807, 2.05) is 6.07 Å². The lowest BCUT2D eigenvalue weighted by molar-refractivity contribution is 0.546. The maximum absolute atomic E-state index is 9.40. The quantitative estimate of drug-likeness (QED) is 0.738. The van der Waals surface area contributed by atoms with Crippen LogP contribution in [0.25, 0.3) is 21.9 Å². The van der Waals surface area contributed by atoms with Gasteiger partial charge in [0.05, 0.1) is 5.52 Å². The molecule has 0 atom stereocenters. The highest BCUT2D eigenvalue weighted by Gasteiger charge is 2.24. The SMILES string of the molecule is N#Cc1nccc2c3cnc(N)nc3n(C3CCCC3)c12. The van der Waals surface area contributed by atoms with Crippen LogP contribution in [0.2, 0.25) is 0 Å². The lowest BCUT2D eigenvalue weighted by Gasteiger charge is -2.14. The third-order valence-corrected chi connectivity index (χ3v) is 4.27. The second-order valence-corrected chi connectivity index (χ2v) is 5.44. The molecule has 0 radical (unpaired) electrons. The van der Waals surface area contributed by atoms with E-state index in [9.17, 15) is 5.26 Å². The molecule has 0 amide bonds. The van der Waals surface area contributed by atoms with E-state index in [0.717, 1.165) is 34.8 Å². The number of hydrogen-bond acceptors (Lipinski definition) is 5. The van der Waals surface area contributed by atoms with Crippen LogP contribution in [0.15, 0.2) is 18.5 Å². The molecule has 0 spiro atoms. The summed E-state index contributed by atoms with van der Waals surface area (Å²) in [5.74, 6) is 0.260. The van der Waals surface area contributed by atoms with Crippen LogP contribution in [0.3, 0.4) is 0 Å². The van der Waals surface area contributed by atoms with E-state index in [1.165, 1.54) is 12.8 Å². The minimum atomic E-state index is 0.260. The van der Waals surface area contributed by atoms with Crippen molar-refractivity contribution in [3.63, 3.8) is 0 Å². The van der Waals surface area contributed by atoms with Crippen LogP contribution in [0.1, 0.15) is 37.4 Å². The number of nitrogens with two attached hydrogens (primary N) is 1. The van der Waals surface area contributed by atoms with Gasteiger partial charge in [-0.1, -0.05) is 12.8 Å². The molecular formula is C15H14N6. The molecule has 2 N–H and O–H groups in total. The molecule has 0 bridgehead atoms. The summed E-state index contributed by atoms with van der Waals surface area (Å²) < 4.78 is 2.15. The van der Waals surface area contributed by atoms with Crippen molar-refractivity contribution in [1.29, 1.82) is 5.26 Å². The molecule has 1 saturated carbocycles. The van der Waals surface area contributed by atoms with Crippen molar-refractivity contribution in [2.75, 3.05) is 5.73 Å². The number of nitrogens with zero attached hydrogens (tertiary/aromatic N) is 5. The van der Waals surface area contributed by atoms with Crippen molar-refractivity contribution in [2.45, 2.75) is 31.7 Å². The maximum atomic E-state index is 9.40. The molecule has 1 fully saturated rings. The van der Waals surface area contributed by atoms with E-state index in [1.54, 1.807) is 12.4 Å². The Balaban J connectivity index is 2.19. The zero-order valence-corrected chi connectivity index (χ0v) is 11.5. The Morgan fingerprint density at radius 2 is 2.05 bits per heavy atom. The minimum absolute atomic E-state index is 0.260. The molecule has 1 aliphatic carbocycles. The van der Waals surface area contributed by atoms with Gasteiger partial charge in [-0.25, -0.2) is 9.97 Å². The number of hydrogen-bond donors (Lipinski definition) is 1. The Hall–Kier alpha value is -2.68. The third-order valence-electron chi connectivity index (χ3n) is 4.27. The Morgan fingerprint density at radius 1 is 1.24 bits per heavy atom. The first-order valence-corrected chi connectivity index (χ1v) is 7.11. The van der Waals surface area contributed by atoms with Gasteiger partial charge in [0, 0.05) is 29.2 Å². The van der Waals surface area contributed by atoms with Gasteiger partial charge in [0.2, 0.25) is 5.95 Å². The first-order chi connectivity index (χ1) is 10.3. The number of nitrogen functional groups attached to an aromatic ring is 1. The first-order valence-electron chi connectivity index (χ1n) is 7.11. The van der Waals surface area contributed by atoms with Gasteiger partial charge >= 0.3 is 0 Å². The molecule has 3 aromatic heterocycles. The summed E-state index contributed by atoms with van der Waals surface area (Å²) in [6.45, 7) is 0. The Labute approximate surface area is 121 Å². The smallest absolute Gasteiger partial charge is 0.221 e. The third kappa shape index (κ3) is 1.67. The zero-order valence-electron chi connectivity index (χ0n) is 11.5. The van der Waals surface area contributed by atoms with Crippen molar-refractivity contribution in [3.05, 3.63) is 24.2 Å². The van der Waals surface area contributed by atoms with Crippen LogP contribution in [0, 0.1) is 11.3 Å². The molecule has 1 aliphatic rings. The van der Waals surface area contributed by atoms with Gasteiger partial charge in [-0.05, 0) is 18.9 Å². The Bertz CT molecular complexity index is 882. The van der Waals surface area contributed by atoms with Crippen molar-refractivity contribution >= 4 is 27.9 Å². The molecule has 0 aliphatic heterocycles. The molecule has 3 heterocycles. The first kappa shape index (κ1) is 12.1. The minimum Gasteiger partial charge on any atom is -0.368 e. The van der Waals surface area contributed by atoms with Gasteiger partial charge in [-0.3, -0.25) is 0 Å². The normalized spacial score (nSPS) is 15.8. The van der Waals surface area contributed by atoms with Crippen molar-refractivity contribution in [2.24, 2.45) is 0 Å². The second-order valence-electron chi connectivity index (χ2n) is 5.44. The van der Waals surface area contributed by atoms with E-state index < -0.39 is 0 Å². The standard InChI is InChI=1S/C15H14N6/c16-7-12-13-10(5-6-18-12)11-8-19-15(17)20-14(11)21(13)9-3-1-2-4-9/h5-6,8-9H,1-4H2,(H2,17,19,20). The summed E-state index contributed by atoms with van der Waals surface area (Å²) >= 11 is 0. The van der Waals surface area contributed by atoms with Crippen molar-refractivity contribution in [3.8, 4) is 6.07 Å². The fraction of sp³-hybridized carbons (Fsp3) is 0.333. The van der Waals surface area contributed by atoms with E-state index in [0.29, 0.717) is 11.7 Å². The summed E-state index contributed by atoms with van der Waals surface area (Å²) in [5.41, 5.74) is 7.88. The number of anilines is 1. The lowest BCUT2D eigenvalue weighted by atomic mass is 10.2. The predicted molar refractivity (Wildman–Crippen MR) is 79.5 cm³/mol. The van der Waals surface area contributed by atoms with Gasteiger partial charge < -0.3 is 10.3 Å². The molecule has 6 nitrogen and oxygen atoms in total. The molecule has 21 heavy (non-hydrogen) atoms. The topological polar surface area (TPSA) is 93.4 Å². The zero-order chi connectivity index (χ0) is 14.4. The number of nitriles is 1. The monoisotopic (exact) mass is 278 g/mol. The largest absolute Gasteiger partial charge is 0.368 e. The van der Waals surface area contributed by atoms with Crippen LogP contribution < -0.4 is 5.73 Å². The van der Waals surface area contributed by atoms with E-state index >= 15 is 0 Å². The average Bonchev–Trinajstić information content (AvgIpc) is 3.11. The van der Waals surface area contributed by atoms with Gasteiger partial charge in [0.1, 0.15) is 11.7 Å². The van der Waals surface area contributed by atoms with E-state index in [4.69, 9.17) is 5.73 Å². The van der Waals surface area contributed by atoms with E-state index in [-0.39, 0.29) is 5.95 Å². The molecule has 0 saturated heterocycles. The Kier molecular flexibility index (Phi) is 2.54. The molecule has 0 unspecified atom stereocenters. The highest BCUT2D eigenvalue weighted by atomic mass is 15.1. The number of aromatic nitrogens is 4. The highest BCUT2D eigenvalue weighted by molar-refractivity contribution is 6.07. The van der Waals surface area contributed by atoms with Gasteiger partial charge in [-0.2, -0.15) is 10.2 Å². The van der Waals surface area contributed by atoms with Gasteiger partial charge in [0.15, 0.2) is 5.69 Å². The maximum Gasteiger partial charge on any atom is 0.221 e. The molecule has 0 aromatic carbocycles. The average molecular weight is 278 g/mol. The summed E-state index contributed by atoms with van der Waals surface area (Å²) in [7, 11) is 0. The van der Waals surface area contributed by atoms with E-state index in [2.05, 4.69) is 25.6 Å². The van der Waals surface area contributed by atoms with Crippen LogP contribution in [0.5, 0.6) is 0 Å². The number of pyridine rings is 1. The number of fused-ring (bicyclic) bond motifs is 3. The fourth-order valence-corrected chi connectivity index (χ4v) is 3.38. The molecular weight excluding hydrogens is 264 g/mol. The lowest BCUT2D eigenvalue weighted by Crippen LogP contribution is -2.07. The summed E-state index contributed by atoms with van der Waals surface area (Å²) in [6, 6.07) is 4.48. The number of rotatable bonds is 1. The van der Waals surface area contributed by atoms with Crippen molar-refractivity contribution < 1.29 is 0 Å². The molecule has 6 heteroatoms. The van der Waals surface area contributed by atoms with Crippen molar-refractivity contribution in [1.82, 2.24) is 19.5 Å². The fourth-order valence-electron chi connectivity index (χ4n) is 3.38. The highest BCUT2D eigenvalue weighted by Crippen LogP contribution is 2.38. The molecule has 3 aromatic rings. The van der Waals surface area contributed by atoms with Crippen LogP contribution >= 0.6 is 0 Å². The van der Waals surface area contributed by atoms with Crippen LogP contribution in [0.4, 0.5) is 5.95 Å². The summed E-state index contributed by atoms with van der Waals surface area (Å²) in [4.78, 5) is 12.7. The predicted octanol–water partition coefficient (Wildman–Crippen LogP) is 2.55. The van der Waals surface area contributed by atoms with Crippen LogP contribution in [-0.4, -0.2) is 19.5 Å². The second kappa shape index (κ2) is 4.42.